The molecule has 0 amide bonds. The van der Waals surface area contributed by atoms with Gasteiger partial charge in [0.1, 0.15) is 18.3 Å². The Labute approximate surface area is 185 Å². The minimum atomic E-state index is -4.86. The number of carbonyl (C=O) groups is 1. The van der Waals surface area contributed by atoms with E-state index in [4.69, 9.17) is 35.3 Å². The molecule has 0 aromatic rings. The monoisotopic (exact) mass is 348 g/mol. The van der Waals surface area contributed by atoms with E-state index in [0.717, 1.165) is 0 Å². The maximum absolute atomic E-state index is 10.2. The van der Waals surface area contributed by atoms with Crippen molar-refractivity contribution < 1.29 is 142 Å². The molecule has 7 N–H and O–H groups in total. The smallest absolute Gasteiger partial charge is 1.00 e. The van der Waals surface area contributed by atoms with Crippen molar-refractivity contribution in [2.45, 2.75) is 24.4 Å². The molecule has 0 rings (SSSR count). The minimum absolute atomic E-state index is 0. The van der Waals surface area contributed by atoms with E-state index in [1.165, 1.54) is 0 Å². The zero-order chi connectivity index (χ0) is 13.8. The van der Waals surface area contributed by atoms with Gasteiger partial charge < -0.3 is 39.6 Å². The Balaban J connectivity index is -0.0000000853. The summed E-state index contributed by atoms with van der Waals surface area (Å²) in [7, 11) is -4.86. The minimum Gasteiger partial charge on any atom is -1.00 e. The predicted molar refractivity (Wildman–Crippen MR) is 53.0 cm³/mol. The van der Waals surface area contributed by atoms with Crippen LogP contribution in [0.1, 0.15) is 4.28 Å². The van der Waals surface area contributed by atoms with Crippen LogP contribution < -0.4 is 88.7 Å². The number of aliphatic carboxylic acids is 1. The normalized spacial score (nSPS) is 16.5. The molecule has 0 aliphatic heterocycles. The van der Waals surface area contributed by atoms with Crippen molar-refractivity contribution in [2.75, 3.05) is 6.61 Å². The van der Waals surface area contributed by atoms with E-state index in [9.17, 15) is 9.36 Å². The Morgan fingerprint density at radius 3 is 1.75 bits per heavy atom. The van der Waals surface area contributed by atoms with E-state index in [0.29, 0.717) is 0 Å². The van der Waals surface area contributed by atoms with Gasteiger partial charge in [-0.25, -0.2) is 9.36 Å². The van der Waals surface area contributed by atoms with E-state index >= 15 is 0 Å². The van der Waals surface area contributed by atoms with E-state index in [-0.39, 0.29) is 93.0 Å². The van der Waals surface area contributed by atoms with Crippen molar-refractivity contribution in [2.24, 2.45) is 0 Å². The van der Waals surface area contributed by atoms with Crippen LogP contribution >= 0.6 is 7.82 Å². The quantitative estimate of drug-likeness (QED) is 0.172. The molecule has 0 heterocycles. The Morgan fingerprint density at radius 1 is 1.05 bits per heavy atom. The first-order valence-corrected chi connectivity index (χ1v) is 5.74. The van der Waals surface area contributed by atoms with Crippen LogP contribution in [0.2, 0.25) is 0 Å². The summed E-state index contributed by atoms with van der Waals surface area (Å²) in [6.45, 7) is -1.05. The molecular formula is C6H16Na3O10P. The first-order valence-electron chi connectivity index (χ1n) is 4.21. The summed E-state index contributed by atoms with van der Waals surface area (Å²) in [6.07, 6.45) is -8.71. The largest absolute Gasteiger partial charge is 1.00 e. The van der Waals surface area contributed by atoms with Crippen LogP contribution in [0.3, 0.4) is 0 Å². The van der Waals surface area contributed by atoms with Crippen molar-refractivity contribution in [3.63, 3.8) is 0 Å². The summed E-state index contributed by atoms with van der Waals surface area (Å²) in [6, 6.07) is 0. The molecule has 108 valence electrons. The van der Waals surface area contributed by atoms with Crippen molar-refractivity contribution in [1.29, 1.82) is 0 Å². The SMILES string of the molecule is O=C(O)[C@H](O)[C@@H](O)[C@H](O)[C@H](O)COP(=O)(O)O.[H-].[H-].[H-].[Na+].[Na+].[Na+]. The standard InChI is InChI=1S/C6H13O10P.3Na.3H/c7-2(1-16-17(13,14)15)3(8)4(9)5(10)6(11)12;;;;;;/h2-5,7-10H,1H2,(H,11,12)(H2,13,14,15);;;;;;/q;3*+1;3*-1/t2-,3-,4+,5-;;;;;;/m1....../s1. The third-order valence-corrected chi connectivity index (χ3v) is 2.22. The second-order valence-corrected chi connectivity index (χ2v) is 4.36. The number of rotatable bonds is 7. The Kier molecular flexibility index (Phi) is 21.0. The maximum Gasteiger partial charge on any atom is 1.00 e. The average Bonchev–Trinajstić information content (AvgIpc) is 2.21. The summed E-state index contributed by atoms with van der Waals surface area (Å²) >= 11 is 0. The van der Waals surface area contributed by atoms with Crippen molar-refractivity contribution in [3.05, 3.63) is 0 Å². The number of hydrogen-bond donors (Lipinski definition) is 7. The molecule has 10 nitrogen and oxygen atoms in total. The molecule has 0 aliphatic carbocycles. The number of phosphoric ester groups is 1. The van der Waals surface area contributed by atoms with Gasteiger partial charge >= 0.3 is 102 Å². The van der Waals surface area contributed by atoms with Crippen LogP contribution in [0, 0.1) is 0 Å². The number of carboxylic acid groups (broad SMARTS) is 1. The number of hydrogen-bond acceptors (Lipinski definition) is 7. The second-order valence-electron chi connectivity index (χ2n) is 3.12. The third-order valence-electron chi connectivity index (χ3n) is 1.73. The van der Waals surface area contributed by atoms with Crippen molar-refractivity contribution >= 4 is 13.8 Å². The van der Waals surface area contributed by atoms with Gasteiger partial charge in [0.25, 0.3) is 0 Å². The van der Waals surface area contributed by atoms with Gasteiger partial charge in [-0.05, 0) is 0 Å². The summed E-state index contributed by atoms with van der Waals surface area (Å²) in [5, 5.41) is 44.4. The van der Waals surface area contributed by atoms with Crippen LogP contribution in [0.5, 0.6) is 0 Å². The summed E-state index contributed by atoms with van der Waals surface area (Å²) in [4.78, 5) is 26.8. The van der Waals surface area contributed by atoms with Gasteiger partial charge in [-0.2, -0.15) is 0 Å². The van der Waals surface area contributed by atoms with Gasteiger partial charge in [-0.15, -0.1) is 0 Å². The maximum atomic E-state index is 10.2. The number of carboxylic acids is 1. The molecule has 0 unspecified atom stereocenters. The molecular weight excluding hydrogens is 332 g/mol. The molecule has 0 saturated carbocycles. The van der Waals surface area contributed by atoms with Crippen LogP contribution in [-0.4, -0.2) is 72.3 Å². The van der Waals surface area contributed by atoms with Crippen LogP contribution in [0.25, 0.3) is 0 Å². The number of aliphatic hydroxyl groups is 4. The van der Waals surface area contributed by atoms with Crippen LogP contribution in [0.15, 0.2) is 0 Å². The summed E-state index contributed by atoms with van der Waals surface area (Å²) < 4.78 is 14.1. The molecule has 0 spiro atoms. The van der Waals surface area contributed by atoms with Crippen molar-refractivity contribution in [1.82, 2.24) is 0 Å². The second kappa shape index (κ2) is 13.8. The summed E-state index contributed by atoms with van der Waals surface area (Å²) in [5.74, 6) is -1.83. The molecule has 0 saturated heterocycles. The molecule has 0 aromatic heterocycles. The number of aliphatic hydroxyl groups excluding tert-OH is 4. The number of phosphoric acid groups is 1. The van der Waals surface area contributed by atoms with E-state index in [1.807, 2.05) is 0 Å². The topological polar surface area (TPSA) is 185 Å². The Bertz CT molecular complexity index is 324. The van der Waals surface area contributed by atoms with Gasteiger partial charge in [0.05, 0.1) is 6.61 Å². The molecule has 0 bridgehead atoms. The molecule has 20 heavy (non-hydrogen) atoms. The first kappa shape index (κ1) is 30.3. The van der Waals surface area contributed by atoms with Gasteiger partial charge in [0, 0.05) is 0 Å². The fraction of sp³-hybridized carbons (Fsp3) is 0.833. The predicted octanol–water partition coefficient (Wildman–Crippen LogP) is -12.0. The van der Waals surface area contributed by atoms with Crippen LogP contribution in [0.4, 0.5) is 0 Å². The zero-order valence-corrected chi connectivity index (χ0v) is 18.2. The first-order chi connectivity index (χ1) is 7.56. The molecule has 0 aromatic carbocycles. The molecule has 14 heteroatoms. The van der Waals surface area contributed by atoms with E-state index in [2.05, 4.69) is 4.52 Å². The van der Waals surface area contributed by atoms with Crippen molar-refractivity contribution in [3.8, 4) is 0 Å². The Morgan fingerprint density at radius 2 is 1.45 bits per heavy atom. The van der Waals surface area contributed by atoms with Gasteiger partial charge in [0.2, 0.25) is 0 Å². The van der Waals surface area contributed by atoms with Crippen LogP contribution in [-0.2, 0) is 13.9 Å². The Hall–Kier alpha value is 2.42. The molecule has 0 aliphatic rings. The molecule has 0 fully saturated rings. The zero-order valence-electron chi connectivity index (χ0n) is 14.3. The van der Waals surface area contributed by atoms with Gasteiger partial charge in [-0.1, -0.05) is 0 Å². The van der Waals surface area contributed by atoms with Gasteiger partial charge in [0.15, 0.2) is 6.10 Å². The average molecular weight is 348 g/mol. The molecule has 4 atom stereocenters. The third kappa shape index (κ3) is 12.9. The fourth-order valence-electron chi connectivity index (χ4n) is 0.833. The van der Waals surface area contributed by atoms with E-state index < -0.39 is 44.8 Å². The molecule has 0 radical (unpaired) electrons. The summed E-state index contributed by atoms with van der Waals surface area (Å²) in [5.41, 5.74) is 0. The van der Waals surface area contributed by atoms with Gasteiger partial charge in [-0.3, -0.25) is 4.52 Å². The fourth-order valence-corrected chi connectivity index (χ4v) is 1.18. The van der Waals surface area contributed by atoms with E-state index in [1.54, 1.807) is 0 Å².